The van der Waals surface area contributed by atoms with E-state index in [2.05, 4.69) is 20.8 Å². The lowest BCUT2D eigenvalue weighted by atomic mass is 10.1. The van der Waals surface area contributed by atoms with Gasteiger partial charge in [0.25, 0.3) is 5.91 Å². The van der Waals surface area contributed by atoms with Crippen molar-refractivity contribution in [2.75, 3.05) is 24.1 Å². The van der Waals surface area contributed by atoms with E-state index < -0.39 is 0 Å². The van der Waals surface area contributed by atoms with Crippen LogP contribution in [0.4, 0.5) is 11.4 Å². The highest BCUT2D eigenvalue weighted by atomic mass is 16.5. The maximum atomic E-state index is 11.8. The number of hydrogen-bond acceptors (Lipinski definition) is 6. The van der Waals surface area contributed by atoms with Crippen LogP contribution in [0.5, 0.6) is 0 Å². The van der Waals surface area contributed by atoms with E-state index in [1.54, 1.807) is 25.1 Å². The summed E-state index contributed by atoms with van der Waals surface area (Å²) in [5.74, 6) is 1.07. The molecule has 7 nitrogen and oxygen atoms in total. The SMILES string of the molecule is CCNC(=O)c1ccc(N)c(NCCc2noc(C)n2)c1. The lowest BCUT2D eigenvalue weighted by molar-refractivity contribution is 0.0956. The third kappa shape index (κ3) is 3.95. The highest BCUT2D eigenvalue weighted by Crippen LogP contribution is 2.20. The average Bonchev–Trinajstić information content (AvgIpc) is 2.87. The molecule has 2 rings (SSSR count). The third-order valence-electron chi connectivity index (χ3n) is 2.89. The zero-order valence-electron chi connectivity index (χ0n) is 12.1. The van der Waals surface area contributed by atoms with Gasteiger partial charge in [0, 0.05) is 32.0 Å². The number of aryl methyl sites for hydroxylation is 1. The van der Waals surface area contributed by atoms with E-state index in [0.29, 0.717) is 42.5 Å². The summed E-state index contributed by atoms with van der Waals surface area (Å²) in [5.41, 5.74) is 7.79. The van der Waals surface area contributed by atoms with Crippen molar-refractivity contribution >= 4 is 17.3 Å². The Balaban J connectivity index is 1.98. The van der Waals surface area contributed by atoms with Gasteiger partial charge in [0.05, 0.1) is 11.4 Å². The Labute approximate surface area is 122 Å². The molecule has 0 unspecified atom stereocenters. The quantitative estimate of drug-likeness (QED) is 0.693. The van der Waals surface area contributed by atoms with Gasteiger partial charge in [-0.25, -0.2) is 0 Å². The van der Waals surface area contributed by atoms with Gasteiger partial charge in [-0.3, -0.25) is 4.79 Å². The van der Waals surface area contributed by atoms with Crippen LogP contribution < -0.4 is 16.4 Å². The molecule has 0 spiro atoms. The van der Waals surface area contributed by atoms with Gasteiger partial charge in [0.15, 0.2) is 5.82 Å². The molecule has 21 heavy (non-hydrogen) atoms. The van der Waals surface area contributed by atoms with E-state index in [9.17, 15) is 4.79 Å². The number of benzene rings is 1. The first-order chi connectivity index (χ1) is 10.1. The summed E-state index contributed by atoms with van der Waals surface area (Å²) in [6.45, 7) is 4.81. The summed E-state index contributed by atoms with van der Waals surface area (Å²) in [6, 6.07) is 5.15. The third-order valence-corrected chi connectivity index (χ3v) is 2.89. The van der Waals surface area contributed by atoms with Crippen LogP contribution in [0.2, 0.25) is 0 Å². The predicted molar refractivity (Wildman–Crippen MR) is 80.1 cm³/mol. The van der Waals surface area contributed by atoms with Gasteiger partial charge in [0.1, 0.15) is 0 Å². The van der Waals surface area contributed by atoms with Crippen molar-refractivity contribution in [2.45, 2.75) is 20.3 Å². The van der Waals surface area contributed by atoms with Crippen LogP contribution in [-0.4, -0.2) is 29.1 Å². The van der Waals surface area contributed by atoms with E-state index in [-0.39, 0.29) is 5.91 Å². The molecule has 0 atom stereocenters. The first-order valence-corrected chi connectivity index (χ1v) is 6.81. The van der Waals surface area contributed by atoms with Gasteiger partial charge in [0.2, 0.25) is 5.89 Å². The number of amides is 1. The zero-order valence-corrected chi connectivity index (χ0v) is 12.1. The first-order valence-electron chi connectivity index (χ1n) is 6.81. The molecule has 0 fully saturated rings. The topological polar surface area (TPSA) is 106 Å². The lowest BCUT2D eigenvalue weighted by Crippen LogP contribution is -2.22. The minimum absolute atomic E-state index is 0.116. The molecule has 4 N–H and O–H groups in total. The molecule has 0 saturated carbocycles. The molecule has 0 aliphatic rings. The number of carbonyl (C=O) groups excluding carboxylic acids is 1. The fraction of sp³-hybridized carbons (Fsp3) is 0.357. The molecule has 0 radical (unpaired) electrons. The number of hydrogen-bond donors (Lipinski definition) is 3. The standard InChI is InChI=1S/C14H19N5O2/c1-3-16-14(20)10-4-5-11(15)12(8-10)17-7-6-13-18-9(2)21-19-13/h4-5,8,17H,3,6-7,15H2,1-2H3,(H,16,20). The fourth-order valence-corrected chi connectivity index (χ4v) is 1.87. The Morgan fingerprint density at radius 3 is 2.90 bits per heavy atom. The minimum atomic E-state index is -0.116. The van der Waals surface area contributed by atoms with Gasteiger partial charge in [-0.15, -0.1) is 0 Å². The highest BCUT2D eigenvalue weighted by Gasteiger charge is 2.08. The largest absolute Gasteiger partial charge is 0.397 e. The van der Waals surface area contributed by atoms with Crippen LogP contribution in [0.1, 0.15) is 29.0 Å². The molecule has 0 aliphatic carbocycles. The molecule has 0 aliphatic heterocycles. The zero-order chi connectivity index (χ0) is 15.2. The molecule has 112 valence electrons. The van der Waals surface area contributed by atoms with Crippen LogP contribution in [-0.2, 0) is 6.42 Å². The van der Waals surface area contributed by atoms with Crippen LogP contribution in [0.25, 0.3) is 0 Å². The van der Waals surface area contributed by atoms with Crippen molar-refractivity contribution in [2.24, 2.45) is 0 Å². The minimum Gasteiger partial charge on any atom is -0.397 e. The van der Waals surface area contributed by atoms with E-state index >= 15 is 0 Å². The molecule has 1 aromatic heterocycles. The molecule has 0 saturated heterocycles. The Bertz CT molecular complexity index is 624. The highest BCUT2D eigenvalue weighted by molar-refractivity contribution is 5.96. The lowest BCUT2D eigenvalue weighted by Gasteiger charge is -2.10. The van der Waals surface area contributed by atoms with E-state index in [4.69, 9.17) is 10.3 Å². The van der Waals surface area contributed by atoms with E-state index in [0.717, 1.165) is 5.69 Å². The number of nitrogens with one attached hydrogen (secondary N) is 2. The molecule has 2 aromatic rings. The van der Waals surface area contributed by atoms with Crippen molar-refractivity contribution in [3.63, 3.8) is 0 Å². The Morgan fingerprint density at radius 1 is 1.43 bits per heavy atom. The Kier molecular flexibility index (Phi) is 4.76. The van der Waals surface area contributed by atoms with Crippen molar-refractivity contribution < 1.29 is 9.32 Å². The normalized spacial score (nSPS) is 10.4. The van der Waals surface area contributed by atoms with Crippen LogP contribution in [0.15, 0.2) is 22.7 Å². The number of rotatable bonds is 6. The van der Waals surface area contributed by atoms with Gasteiger partial charge < -0.3 is 20.9 Å². The molecule has 1 aromatic carbocycles. The van der Waals surface area contributed by atoms with Crippen LogP contribution in [0, 0.1) is 6.92 Å². The second-order valence-electron chi connectivity index (χ2n) is 4.57. The Hall–Kier alpha value is -2.57. The van der Waals surface area contributed by atoms with Gasteiger partial charge >= 0.3 is 0 Å². The predicted octanol–water partition coefficient (Wildman–Crippen LogP) is 1.36. The van der Waals surface area contributed by atoms with Gasteiger partial charge in [-0.2, -0.15) is 4.98 Å². The average molecular weight is 289 g/mol. The number of nitrogen functional groups attached to an aromatic ring is 1. The molecule has 7 heteroatoms. The number of nitrogens with zero attached hydrogens (tertiary/aromatic N) is 2. The second-order valence-corrected chi connectivity index (χ2v) is 4.57. The smallest absolute Gasteiger partial charge is 0.251 e. The van der Waals surface area contributed by atoms with Crippen LogP contribution >= 0.6 is 0 Å². The maximum absolute atomic E-state index is 11.8. The van der Waals surface area contributed by atoms with Crippen molar-refractivity contribution in [3.8, 4) is 0 Å². The number of nitrogens with two attached hydrogens (primary N) is 1. The summed E-state index contributed by atoms with van der Waals surface area (Å²) in [6.07, 6.45) is 0.613. The number of anilines is 2. The second kappa shape index (κ2) is 6.74. The monoisotopic (exact) mass is 289 g/mol. The summed E-state index contributed by atoms with van der Waals surface area (Å²) < 4.78 is 4.90. The van der Waals surface area contributed by atoms with Crippen LogP contribution in [0.3, 0.4) is 0 Å². The van der Waals surface area contributed by atoms with Crippen molar-refractivity contribution in [1.82, 2.24) is 15.5 Å². The van der Waals surface area contributed by atoms with Gasteiger partial charge in [-0.1, -0.05) is 5.16 Å². The van der Waals surface area contributed by atoms with Crippen molar-refractivity contribution in [3.05, 3.63) is 35.5 Å². The first kappa shape index (κ1) is 14.8. The number of carbonyl (C=O) groups is 1. The molecule has 0 bridgehead atoms. The molecule has 1 amide bonds. The van der Waals surface area contributed by atoms with Crippen molar-refractivity contribution in [1.29, 1.82) is 0 Å². The fourth-order valence-electron chi connectivity index (χ4n) is 1.87. The van der Waals surface area contributed by atoms with E-state index in [1.807, 2.05) is 6.92 Å². The summed E-state index contributed by atoms with van der Waals surface area (Å²) in [4.78, 5) is 15.9. The number of aromatic nitrogens is 2. The molecular weight excluding hydrogens is 270 g/mol. The molecule has 1 heterocycles. The maximum Gasteiger partial charge on any atom is 0.251 e. The summed E-state index contributed by atoms with van der Waals surface area (Å²) in [5, 5.41) is 9.75. The molecular formula is C14H19N5O2. The summed E-state index contributed by atoms with van der Waals surface area (Å²) >= 11 is 0. The van der Waals surface area contributed by atoms with Gasteiger partial charge in [-0.05, 0) is 25.1 Å². The van der Waals surface area contributed by atoms with E-state index in [1.165, 1.54) is 0 Å². The summed E-state index contributed by atoms with van der Waals surface area (Å²) in [7, 11) is 0. The Morgan fingerprint density at radius 2 is 2.24 bits per heavy atom.